The average molecular weight is 406 g/mol. The molecule has 0 unspecified atom stereocenters. The molecule has 156 valence electrons. The Hall–Kier alpha value is -2.98. The number of benzene rings is 3. The zero-order valence-electron chi connectivity index (χ0n) is 17.5. The van der Waals surface area contributed by atoms with Gasteiger partial charge in [0, 0.05) is 11.6 Å². The van der Waals surface area contributed by atoms with Crippen molar-refractivity contribution < 1.29 is 13.9 Å². The van der Waals surface area contributed by atoms with E-state index in [-0.39, 0.29) is 30.3 Å². The molecule has 3 aromatic carbocycles. The maximum atomic E-state index is 15.0. The standard InChI is InChI=1S/C26H28FNO2/c1-19(28-18-26(29)30-2)23(15-13-20-9-5-3-6-10-20)22-14-16-24(25(27)17-22)21-11-7-4-8-12-21/h3-12,14,16-17,19,23,28H,13,15,18H2,1-2H3/t19-,23+/m0/s1. The van der Waals surface area contributed by atoms with Crippen molar-refractivity contribution in [2.75, 3.05) is 13.7 Å². The van der Waals surface area contributed by atoms with E-state index < -0.39 is 0 Å². The molecule has 0 radical (unpaired) electrons. The summed E-state index contributed by atoms with van der Waals surface area (Å²) >= 11 is 0. The molecule has 2 atom stereocenters. The molecule has 0 fully saturated rings. The van der Waals surface area contributed by atoms with Crippen LogP contribution in [0.25, 0.3) is 11.1 Å². The lowest BCUT2D eigenvalue weighted by molar-refractivity contribution is -0.139. The third-order valence-corrected chi connectivity index (χ3v) is 5.49. The van der Waals surface area contributed by atoms with Crippen LogP contribution >= 0.6 is 0 Å². The molecule has 3 nitrogen and oxygen atoms in total. The maximum Gasteiger partial charge on any atom is 0.319 e. The number of esters is 1. The third-order valence-electron chi connectivity index (χ3n) is 5.49. The summed E-state index contributed by atoms with van der Waals surface area (Å²) in [6.45, 7) is 2.16. The summed E-state index contributed by atoms with van der Waals surface area (Å²) in [5.41, 5.74) is 3.62. The molecule has 0 saturated carbocycles. The summed E-state index contributed by atoms with van der Waals surface area (Å²) in [5, 5.41) is 3.24. The molecule has 3 rings (SSSR count). The second-order valence-corrected chi connectivity index (χ2v) is 7.48. The van der Waals surface area contributed by atoms with E-state index in [9.17, 15) is 9.18 Å². The van der Waals surface area contributed by atoms with Crippen molar-refractivity contribution in [2.24, 2.45) is 0 Å². The van der Waals surface area contributed by atoms with Crippen LogP contribution in [0.1, 0.15) is 30.4 Å². The van der Waals surface area contributed by atoms with Crippen LogP contribution in [-0.2, 0) is 16.0 Å². The monoisotopic (exact) mass is 405 g/mol. The van der Waals surface area contributed by atoms with Gasteiger partial charge in [0.1, 0.15) is 5.82 Å². The summed E-state index contributed by atoms with van der Waals surface area (Å²) in [6.07, 6.45) is 1.71. The smallest absolute Gasteiger partial charge is 0.319 e. The zero-order chi connectivity index (χ0) is 21.3. The largest absolute Gasteiger partial charge is 0.468 e. The van der Waals surface area contributed by atoms with Crippen LogP contribution in [0, 0.1) is 5.82 Å². The lowest BCUT2D eigenvalue weighted by Crippen LogP contribution is -2.36. The molecular formula is C26H28FNO2. The molecule has 4 heteroatoms. The summed E-state index contributed by atoms with van der Waals surface area (Å²) in [5.74, 6) is -0.493. The number of hydrogen-bond donors (Lipinski definition) is 1. The second kappa shape index (κ2) is 10.7. The van der Waals surface area contributed by atoms with Crippen molar-refractivity contribution >= 4 is 5.97 Å². The first-order valence-corrected chi connectivity index (χ1v) is 10.3. The van der Waals surface area contributed by atoms with E-state index in [1.807, 2.05) is 67.6 Å². The van der Waals surface area contributed by atoms with Crippen molar-refractivity contribution in [1.82, 2.24) is 5.32 Å². The first kappa shape index (κ1) is 21.7. The van der Waals surface area contributed by atoms with Crippen LogP contribution in [0.2, 0.25) is 0 Å². The number of halogens is 1. The number of carbonyl (C=O) groups is 1. The quantitative estimate of drug-likeness (QED) is 0.487. The number of aryl methyl sites for hydroxylation is 1. The van der Waals surface area contributed by atoms with Crippen molar-refractivity contribution in [3.8, 4) is 11.1 Å². The van der Waals surface area contributed by atoms with E-state index in [1.165, 1.54) is 12.7 Å². The van der Waals surface area contributed by atoms with Gasteiger partial charge < -0.3 is 10.1 Å². The Balaban J connectivity index is 1.82. The first-order chi connectivity index (χ1) is 14.6. The van der Waals surface area contributed by atoms with Gasteiger partial charge in [-0.2, -0.15) is 0 Å². The normalized spacial score (nSPS) is 12.9. The SMILES string of the molecule is COC(=O)CN[C@@H](C)[C@@H](CCc1ccccc1)c1ccc(-c2ccccc2)c(F)c1. The van der Waals surface area contributed by atoms with Crippen molar-refractivity contribution in [2.45, 2.75) is 31.7 Å². The van der Waals surface area contributed by atoms with Crippen molar-refractivity contribution in [1.29, 1.82) is 0 Å². The molecule has 0 bridgehead atoms. The van der Waals surface area contributed by atoms with Gasteiger partial charge in [0.15, 0.2) is 0 Å². The van der Waals surface area contributed by atoms with Crippen molar-refractivity contribution in [3.05, 3.63) is 95.8 Å². The summed E-state index contributed by atoms with van der Waals surface area (Å²) in [4.78, 5) is 11.6. The van der Waals surface area contributed by atoms with E-state index >= 15 is 0 Å². The third kappa shape index (κ3) is 5.77. The van der Waals surface area contributed by atoms with Gasteiger partial charge >= 0.3 is 5.97 Å². The van der Waals surface area contributed by atoms with E-state index in [0.717, 1.165) is 24.0 Å². The van der Waals surface area contributed by atoms with Crippen molar-refractivity contribution in [3.63, 3.8) is 0 Å². The summed E-state index contributed by atoms with van der Waals surface area (Å²) in [6, 6.07) is 25.3. The lowest BCUT2D eigenvalue weighted by atomic mass is 9.86. The molecule has 0 aliphatic heterocycles. The zero-order valence-corrected chi connectivity index (χ0v) is 17.5. The highest BCUT2D eigenvalue weighted by Crippen LogP contribution is 2.30. The highest BCUT2D eigenvalue weighted by Gasteiger charge is 2.21. The number of hydrogen-bond acceptors (Lipinski definition) is 3. The van der Waals surface area contributed by atoms with Gasteiger partial charge in [-0.15, -0.1) is 0 Å². The van der Waals surface area contributed by atoms with Crippen LogP contribution < -0.4 is 5.32 Å². The van der Waals surface area contributed by atoms with Gasteiger partial charge in [0.25, 0.3) is 0 Å². The summed E-state index contributed by atoms with van der Waals surface area (Å²) in [7, 11) is 1.37. The maximum absolute atomic E-state index is 15.0. The minimum Gasteiger partial charge on any atom is -0.468 e. The van der Waals surface area contributed by atoms with Crippen LogP contribution in [0.3, 0.4) is 0 Å². The molecule has 0 aliphatic carbocycles. The Morgan fingerprint density at radius 1 is 1.00 bits per heavy atom. The lowest BCUT2D eigenvalue weighted by Gasteiger charge is -2.26. The number of nitrogens with one attached hydrogen (secondary N) is 1. The Kier molecular flexibility index (Phi) is 7.75. The molecular weight excluding hydrogens is 377 g/mol. The van der Waals surface area contributed by atoms with Gasteiger partial charge in [-0.05, 0) is 48.4 Å². The second-order valence-electron chi connectivity index (χ2n) is 7.48. The van der Waals surface area contributed by atoms with E-state index in [0.29, 0.717) is 5.56 Å². The number of carbonyl (C=O) groups excluding carboxylic acids is 1. The van der Waals surface area contributed by atoms with Gasteiger partial charge in [-0.1, -0.05) is 72.8 Å². The molecule has 0 amide bonds. The highest BCUT2D eigenvalue weighted by atomic mass is 19.1. The fourth-order valence-corrected chi connectivity index (χ4v) is 3.74. The van der Waals surface area contributed by atoms with Gasteiger partial charge in [0.05, 0.1) is 13.7 Å². The molecule has 0 aromatic heterocycles. The molecule has 0 aliphatic rings. The molecule has 3 aromatic rings. The minimum atomic E-state index is -0.311. The predicted octanol–water partition coefficient (Wildman–Crippen LogP) is 5.36. The molecule has 0 heterocycles. The van der Waals surface area contributed by atoms with E-state index in [1.54, 1.807) is 6.07 Å². The Morgan fingerprint density at radius 2 is 1.67 bits per heavy atom. The number of ether oxygens (including phenoxy) is 1. The topological polar surface area (TPSA) is 38.3 Å². The van der Waals surface area contributed by atoms with Crippen LogP contribution in [0.5, 0.6) is 0 Å². The fourth-order valence-electron chi connectivity index (χ4n) is 3.74. The predicted molar refractivity (Wildman–Crippen MR) is 119 cm³/mol. The van der Waals surface area contributed by atoms with Gasteiger partial charge in [-0.3, -0.25) is 4.79 Å². The number of methoxy groups -OCH3 is 1. The highest BCUT2D eigenvalue weighted by molar-refractivity contribution is 5.71. The first-order valence-electron chi connectivity index (χ1n) is 10.3. The molecule has 1 N–H and O–H groups in total. The van der Waals surface area contributed by atoms with Crippen LogP contribution in [-0.4, -0.2) is 25.7 Å². The molecule has 0 saturated heterocycles. The Labute approximate surface area is 177 Å². The van der Waals surface area contributed by atoms with Crippen LogP contribution in [0.4, 0.5) is 4.39 Å². The minimum absolute atomic E-state index is 0.0187. The molecule has 0 spiro atoms. The number of rotatable bonds is 9. The van der Waals surface area contributed by atoms with Crippen LogP contribution in [0.15, 0.2) is 78.9 Å². The van der Waals surface area contributed by atoms with Gasteiger partial charge in [-0.25, -0.2) is 4.39 Å². The average Bonchev–Trinajstić information content (AvgIpc) is 2.79. The fraction of sp³-hybridized carbons (Fsp3) is 0.269. The van der Waals surface area contributed by atoms with Gasteiger partial charge in [0.2, 0.25) is 0 Å². The Morgan fingerprint density at radius 3 is 2.30 bits per heavy atom. The van der Waals surface area contributed by atoms with E-state index in [2.05, 4.69) is 17.4 Å². The molecule has 30 heavy (non-hydrogen) atoms. The van der Waals surface area contributed by atoms with E-state index in [4.69, 9.17) is 4.74 Å². The summed E-state index contributed by atoms with van der Waals surface area (Å²) < 4.78 is 19.7. The Bertz CT molecular complexity index is 944.